The predicted molar refractivity (Wildman–Crippen MR) is 78.3 cm³/mol. The van der Waals surface area contributed by atoms with Gasteiger partial charge in [-0.2, -0.15) is 4.98 Å². The fourth-order valence-electron chi connectivity index (χ4n) is 3.10. The molecule has 108 valence electrons. The summed E-state index contributed by atoms with van der Waals surface area (Å²) in [7, 11) is 0. The molecule has 1 aliphatic carbocycles. The van der Waals surface area contributed by atoms with E-state index in [1.165, 1.54) is 11.3 Å². The Hall–Kier alpha value is -1.27. The summed E-state index contributed by atoms with van der Waals surface area (Å²) in [6, 6.07) is 0.252. The van der Waals surface area contributed by atoms with E-state index < -0.39 is 0 Å². The van der Waals surface area contributed by atoms with Gasteiger partial charge in [0.15, 0.2) is 0 Å². The average Bonchev–Trinajstić information content (AvgIpc) is 3.06. The lowest BCUT2D eigenvalue weighted by atomic mass is 9.61. The lowest BCUT2D eigenvalue weighted by Gasteiger charge is -2.45. The molecular formula is C14H20N4OS. The maximum Gasteiger partial charge on any atom is 0.230 e. The van der Waals surface area contributed by atoms with Crippen LogP contribution in [0.4, 0.5) is 0 Å². The molecule has 0 bridgehead atoms. The molecule has 1 fully saturated rings. The van der Waals surface area contributed by atoms with E-state index in [2.05, 4.69) is 35.9 Å². The van der Waals surface area contributed by atoms with Crippen LogP contribution in [0.2, 0.25) is 0 Å². The molecule has 2 N–H and O–H groups in total. The van der Waals surface area contributed by atoms with Gasteiger partial charge in [-0.1, -0.05) is 25.9 Å². The molecule has 0 aromatic carbocycles. The third-order valence-corrected chi connectivity index (χ3v) is 5.49. The Balaban J connectivity index is 1.89. The van der Waals surface area contributed by atoms with E-state index in [-0.39, 0.29) is 17.4 Å². The van der Waals surface area contributed by atoms with E-state index in [1.807, 2.05) is 5.38 Å². The van der Waals surface area contributed by atoms with Crippen LogP contribution in [0.1, 0.15) is 45.4 Å². The van der Waals surface area contributed by atoms with E-state index >= 15 is 0 Å². The van der Waals surface area contributed by atoms with Crippen LogP contribution in [0.3, 0.4) is 0 Å². The van der Waals surface area contributed by atoms with Crippen molar-refractivity contribution in [3.63, 3.8) is 0 Å². The molecule has 0 amide bonds. The average molecular weight is 292 g/mol. The molecule has 1 aliphatic rings. The molecule has 5 nitrogen and oxygen atoms in total. The number of hydrogen-bond donors (Lipinski definition) is 1. The maximum absolute atomic E-state index is 6.20. The Morgan fingerprint density at radius 3 is 2.90 bits per heavy atom. The third kappa shape index (κ3) is 2.16. The zero-order valence-corrected chi connectivity index (χ0v) is 12.9. The minimum Gasteiger partial charge on any atom is -0.339 e. The summed E-state index contributed by atoms with van der Waals surface area (Å²) >= 11 is 1.53. The molecule has 3 atom stereocenters. The van der Waals surface area contributed by atoms with E-state index in [4.69, 9.17) is 10.3 Å². The van der Waals surface area contributed by atoms with Crippen LogP contribution >= 0.6 is 11.3 Å². The summed E-state index contributed by atoms with van der Waals surface area (Å²) in [4.78, 5) is 8.78. The highest BCUT2D eigenvalue weighted by molar-refractivity contribution is 7.07. The summed E-state index contributed by atoms with van der Waals surface area (Å²) in [6.07, 6.45) is 2.00. The molecule has 20 heavy (non-hydrogen) atoms. The smallest absolute Gasteiger partial charge is 0.230 e. The first-order chi connectivity index (χ1) is 9.50. The number of nitrogens with zero attached hydrogens (tertiary/aromatic N) is 3. The first-order valence-electron chi connectivity index (χ1n) is 6.98. The second kappa shape index (κ2) is 4.93. The molecule has 0 aliphatic heterocycles. The first kappa shape index (κ1) is 13.7. The summed E-state index contributed by atoms with van der Waals surface area (Å²) in [6.45, 7) is 6.71. The summed E-state index contributed by atoms with van der Waals surface area (Å²) in [5.74, 6) is 1.99. The van der Waals surface area contributed by atoms with Crippen molar-refractivity contribution in [2.75, 3.05) is 0 Å². The fourth-order valence-corrected chi connectivity index (χ4v) is 3.63. The molecule has 1 saturated carbocycles. The third-order valence-electron chi connectivity index (χ3n) is 4.90. The predicted octanol–water partition coefficient (Wildman–Crippen LogP) is 3.06. The van der Waals surface area contributed by atoms with Crippen LogP contribution < -0.4 is 5.73 Å². The van der Waals surface area contributed by atoms with Crippen LogP contribution in [0.5, 0.6) is 0 Å². The molecule has 2 aromatic heterocycles. The van der Waals surface area contributed by atoms with Crippen molar-refractivity contribution in [1.29, 1.82) is 0 Å². The van der Waals surface area contributed by atoms with Crippen molar-refractivity contribution in [3.05, 3.63) is 16.8 Å². The van der Waals surface area contributed by atoms with Gasteiger partial charge in [0, 0.05) is 17.3 Å². The first-order valence-corrected chi connectivity index (χ1v) is 7.92. The van der Waals surface area contributed by atoms with Crippen LogP contribution in [-0.4, -0.2) is 21.2 Å². The highest BCUT2D eigenvalue weighted by Gasteiger charge is 2.44. The van der Waals surface area contributed by atoms with Crippen molar-refractivity contribution >= 4 is 11.3 Å². The van der Waals surface area contributed by atoms with Gasteiger partial charge in [-0.15, -0.1) is 11.3 Å². The largest absolute Gasteiger partial charge is 0.339 e. The number of hydrogen-bond acceptors (Lipinski definition) is 6. The minimum absolute atomic E-state index is 0.0591. The Morgan fingerprint density at radius 2 is 2.20 bits per heavy atom. The lowest BCUT2D eigenvalue weighted by molar-refractivity contribution is 0.0806. The van der Waals surface area contributed by atoms with Gasteiger partial charge in [0.2, 0.25) is 11.7 Å². The van der Waals surface area contributed by atoms with Gasteiger partial charge in [-0.25, -0.2) is 4.98 Å². The standard InChI is InChI=1S/C14H20N4OS/c1-8-10(15)5-4-9(14(8,2)3)13-17-12(18-19-13)11-6-20-7-16-11/h6-10H,4-5,15H2,1-3H3. The van der Waals surface area contributed by atoms with Crippen LogP contribution in [0.15, 0.2) is 15.4 Å². The molecule has 0 saturated heterocycles. The van der Waals surface area contributed by atoms with Crippen molar-refractivity contribution in [2.45, 2.75) is 45.6 Å². The molecular weight excluding hydrogens is 272 g/mol. The van der Waals surface area contributed by atoms with E-state index in [1.54, 1.807) is 5.51 Å². The topological polar surface area (TPSA) is 77.8 Å². The second-order valence-electron chi connectivity index (χ2n) is 6.23. The maximum atomic E-state index is 6.20. The molecule has 2 heterocycles. The van der Waals surface area contributed by atoms with Crippen LogP contribution in [0.25, 0.3) is 11.5 Å². The molecule has 0 spiro atoms. The minimum atomic E-state index is 0.0591. The SMILES string of the molecule is CC1C(N)CCC(c2nc(-c3cscn3)no2)C1(C)C. The quantitative estimate of drug-likeness (QED) is 0.920. The number of rotatable bonds is 2. The molecule has 3 unspecified atom stereocenters. The summed E-state index contributed by atoms with van der Waals surface area (Å²) in [5.41, 5.74) is 8.82. The number of thiazole rings is 1. The van der Waals surface area contributed by atoms with Gasteiger partial charge in [-0.05, 0) is 24.2 Å². The molecule has 0 radical (unpaired) electrons. The molecule has 3 rings (SSSR count). The number of nitrogens with two attached hydrogens (primary N) is 1. The van der Waals surface area contributed by atoms with E-state index in [0.717, 1.165) is 24.4 Å². The van der Waals surface area contributed by atoms with Gasteiger partial charge >= 0.3 is 0 Å². The molecule has 2 aromatic rings. The normalized spacial score (nSPS) is 29.5. The summed E-state index contributed by atoms with van der Waals surface area (Å²) in [5, 5.41) is 6.00. The van der Waals surface area contributed by atoms with Gasteiger partial charge in [0.1, 0.15) is 5.69 Å². The lowest BCUT2D eigenvalue weighted by Crippen LogP contribution is -2.45. The van der Waals surface area contributed by atoms with E-state index in [9.17, 15) is 0 Å². The highest BCUT2D eigenvalue weighted by Crippen LogP contribution is 2.49. The van der Waals surface area contributed by atoms with Crippen molar-refractivity contribution in [1.82, 2.24) is 15.1 Å². The van der Waals surface area contributed by atoms with Gasteiger partial charge in [0.25, 0.3) is 0 Å². The van der Waals surface area contributed by atoms with Crippen LogP contribution in [-0.2, 0) is 0 Å². The monoisotopic (exact) mass is 292 g/mol. The van der Waals surface area contributed by atoms with Crippen molar-refractivity contribution < 1.29 is 4.52 Å². The number of aromatic nitrogens is 3. The second-order valence-corrected chi connectivity index (χ2v) is 6.95. The molecule has 6 heteroatoms. The van der Waals surface area contributed by atoms with Gasteiger partial charge in [-0.3, -0.25) is 0 Å². The van der Waals surface area contributed by atoms with Crippen LogP contribution in [0, 0.1) is 11.3 Å². The Labute approximate surface area is 122 Å². The highest BCUT2D eigenvalue weighted by atomic mass is 32.1. The zero-order chi connectivity index (χ0) is 14.3. The summed E-state index contributed by atoms with van der Waals surface area (Å²) < 4.78 is 5.51. The Kier molecular flexibility index (Phi) is 3.38. The van der Waals surface area contributed by atoms with Gasteiger partial charge < -0.3 is 10.3 Å². The fraction of sp³-hybridized carbons (Fsp3) is 0.643. The zero-order valence-electron chi connectivity index (χ0n) is 12.0. The van der Waals surface area contributed by atoms with Gasteiger partial charge in [0.05, 0.1) is 5.51 Å². The van der Waals surface area contributed by atoms with Crippen molar-refractivity contribution in [2.24, 2.45) is 17.1 Å². The van der Waals surface area contributed by atoms with Crippen molar-refractivity contribution in [3.8, 4) is 11.5 Å². The Morgan fingerprint density at radius 1 is 1.40 bits per heavy atom. The van der Waals surface area contributed by atoms with E-state index in [0.29, 0.717) is 11.7 Å². The Bertz CT molecular complexity index is 578.